The largest absolute Gasteiger partial charge is 0.494 e. The summed E-state index contributed by atoms with van der Waals surface area (Å²) < 4.78 is 43.8. The first kappa shape index (κ1) is 19.3. The van der Waals surface area contributed by atoms with Crippen LogP contribution >= 0.6 is 0 Å². The Labute approximate surface area is 165 Å². The van der Waals surface area contributed by atoms with Gasteiger partial charge in [-0.25, -0.2) is 4.98 Å². The van der Waals surface area contributed by atoms with Crippen LogP contribution in [0, 0.1) is 17.6 Å². The second kappa shape index (κ2) is 8.16. The molecule has 0 aliphatic carbocycles. The average Bonchev–Trinajstić information content (AvgIpc) is 3.21. The molecule has 1 fully saturated rings. The van der Waals surface area contributed by atoms with Gasteiger partial charge >= 0.3 is 6.01 Å². The maximum atomic E-state index is 14.3. The van der Waals surface area contributed by atoms with Crippen LogP contribution < -0.4 is 14.8 Å². The van der Waals surface area contributed by atoms with Crippen LogP contribution in [-0.4, -0.2) is 46.3 Å². The molecular weight excluding hydrogens is 384 g/mol. The number of methoxy groups -OCH3 is 1. The van der Waals surface area contributed by atoms with E-state index in [1.165, 1.54) is 25.6 Å². The molecule has 0 bridgehead atoms. The molecule has 29 heavy (non-hydrogen) atoms. The minimum atomic E-state index is -1.18. The van der Waals surface area contributed by atoms with Crippen molar-refractivity contribution in [3.05, 3.63) is 30.1 Å². The molecule has 10 heteroatoms. The summed E-state index contributed by atoms with van der Waals surface area (Å²) in [5, 5.41) is 3.35. The number of fused-ring (bicyclic) bond motifs is 1. The molecule has 1 unspecified atom stereocenters. The van der Waals surface area contributed by atoms with Gasteiger partial charge in [-0.1, -0.05) is 0 Å². The van der Waals surface area contributed by atoms with Crippen LogP contribution in [0.25, 0.3) is 11.2 Å². The summed E-state index contributed by atoms with van der Waals surface area (Å²) in [5.41, 5.74) is 0.962. The number of aromatic amines is 1. The third kappa shape index (κ3) is 3.93. The zero-order chi connectivity index (χ0) is 20.4. The summed E-state index contributed by atoms with van der Waals surface area (Å²) in [5.74, 6) is -2.00. The lowest BCUT2D eigenvalue weighted by molar-refractivity contribution is 0.0622. The van der Waals surface area contributed by atoms with E-state index in [2.05, 4.69) is 32.2 Å². The fraction of sp³-hybridized carbons (Fsp3) is 0.421. The Morgan fingerprint density at radius 3 is 2.66 bits per heavy atom. The van der Waals surface area contributed by atoms with Gasteiger partial charge in [0.25, 0.3) is 0 Å². The zero-order valence-electron chi connectivity index (χ0n) is 16.0. The number of nitrogens with one attached hydrogen (secondary N) is 2. The van der Waals surface area contributed by atoms with Crippen molar-refractivity contribution in [1.82, 2.24) is 19.9 Å². The van der Waals surface area contributed by atoms with E-state index < -0.39 is 11.6 Å². The number of hydrogen-bond donors (Lipinski definition) is 2. The Bertz CT molecular complexity index is 1010. The van der Waals surface area contributed by atoms with Crippen molar-refractivity contribution in [3.63, 3.8) is 0 Å². The highest BCUT2D eigenvalue weighted by atomic mass is 19.2. The van der Waals surface area contributed by atoms with Crippen molar-refractivity contribution in [3.8, 4) is 17.5 Å². The van der Waals surface area contributed by atoms with Crippen LogP contribution in [0.15, 0.2) is 18.5 Å². The summed E-state index contributed by atoms with van der Waals surface area (Å²) in [7, 11) is 1.26. The molecule has 2 N–H and O–H groups in total. The smallest absolute Gasteiger partial charge is 0.326 e. The molecule has 1 aliphatic rings. The van der Waals surface area contributed by atoms with Gasteiger partial charge in [0.2, 0.25) is 11.6 Å². The predicted octanol–water partition coefficient (Wildman–Crippen LogP) is 3.66. The quantitative estimate of drug-likeness (QED) is 0.646. The fourth-order valence-corrected chi connectivity index (χ4v) is 3.36. The fourth-order valence-electron chi connectivity index (χ4n) is 3.36. The molecule has 0 amide bonds. The standard InChI is InChI=1S/C19H21F2N5O3/c1-10(11-5-7-28-8-6-11)24-18-16-17(23-9-22-16)25-19(26-18)29-13-4-3-12(27-2)14(20)15(13)21/h3-4,9-11H,5-8H2,1-2H3,(H2,22,23,24,25,26). The summed E-state index contributed by atoms with van der Waals surface area (Å²) >= 11 is 0. The van der Waals surface area contributed by atoms with Gasteiger partial charge in [0.1, 0.15) is 5.52 Å². The molecule has 1 aliphatic heterocycles. The minimum absolute atomic E-state index is 0.108. The number of nitrogens with zero attached hydrogens (tertiary/aromatic N) is 3. The first-order valence-corrected chi connectivity index (χ1v) is 9.32. The van der Waals surface area contributed by atoms with E-state index in [1.807, 2.05) is 0 Å². The topological polar surface area (TPSA) is 94.2 Å². The Kier molecular flexibility index (Phi) is 5.43. The van der Waals surface area contributed by atoms with E-state index in [0.717, 1.165) is 26.1 Å². The molecule has 0 radical (unpaired) electrons. The minimum Gasteiger partial charge on any atom is -0.494 e. The van der Waals surface area contributed by atoms with Gasteiger partial charge in [0.05, 0.1) is 13.4 Å². The van der Waals surface area contributed by atoms with E-state index in [-0.39, 0.29) is 23.6 Å². The van der Waals surface area contributed by atoms with Crippen molar-refractivity contribution in [2.75, 3.05) is 25.6 Å². The maximum Gasteiger partial charge on any atom is 0.326 e. The SMILES string of the molecule is COc1ccc(Oc2nc(NC(C)C3CCOCC3)c3nc[nH]c3n2)c(F)c1F. The monoisotopic (exact) mass is 405 g/mol. The first-order valence-electron chi connectivity index (χ1n) is 9.32. The highest BCUT2D eigenvalue weighted by Crippen LogP contribution is 2.31. The van der Waals surface area contributed by atoms with Gasteiger partial charge < -0.3 is 24.5 Å². The number of H-pyrrole nitrogens is 1. The Morgan fingerprint density at radius 2 is 1.90 bits per heavy atom. The van der Waals surface area contributed by atoms with Gasteiger partial charge in [0.15, 0.2) is 23.0 Å². The molecule has 2 aromatic heterocycles. The highest BCUT2D eigenvalue weighted by molar-refractivity contribution is 5.82. The lowest BCUT2D eigenvalue weighted by atomic mass is 9.93. The number of imidazole rings is 1. The highest BCUT2D eigenvalue weighted by Gasteiger charge is 2.23. The van der Waals surface area contributed by atoms with Crippen LogP contribution in [-0.2, 0) is 4.74 Å². The molecule has 3 heterocycles. The van der Waals surface area contributed by atoms with Gasteiger partial charge in [-0.3, -0.25) is 0 Å². The maximum absolute atomic E-state index is 14.3. The van der Waals surface area contributed by atoms with Crippen molar-refractivity contribution >= 4 is 17.0 Å². The molecule has 1 atom stereocenters. The molecule has 4 rings (SSSR count). The summed E-state index contributed by atoms with van der Waals surface area (Å²) in [6, 6.07) is 2.51. The van der Waals surface area contributed by atoms with Gasteiger partial charge in [-0.05, 0) is 37.8 Å². The Balaban J connectivity index is 1.62. The van der Waals surface area contributed by atoms with E-state index in [0.29, 0.717) is 22.9 Å². The van der Waals surface area contributed by atoms with Crippen molar-refractivity contribution in [2.45, 2.75) is 25.8 Å². The van der Waals surface area contributed by atoms with Crippen LogP contribution in [0.4, 0.5) is 14.6 Å². The lowest BCUT2D eigenvalue weighted by Gasteiger charge is -2.28. The van der Waals surface area contributed by atoms with Crippen molar-refractivity contribution in [2.24, 2.45) is 5.92 Å². The number of hydrogen-bond acceptors (Lipinski definition) is 7. The van der Waals surface area contributed by atoms with E-state index in [4.69, 9.17) is 14.2 Å². The number of anilines is 1. The molecule has 3 aromatic rings. The number of benzene rings is 1. The summed E-state index contributed by atoms with van der Waals surface area (Å²) in [6.07, 6.45) is 3.38. The van der Waals surface area contributed by atoms with E-state index >= 15 is 0 Å². The predicted molar refractivity (Wildman–Crippen MR) is 101 cm³/mol. The third-order valence-electron chi connectivity index (χ3n) is 5.03. The molecule has 1 saturated heterocycles. The average molecular weight is 405 g/mol. The number of halogens is 2. The number of rotatable bonds is 6. The Morgan fingerprint density at radius 1 is 1.17 bits per heavy atom. The summed E-state index contributed by atoms with van der Waals surface area (Å²) in [6.45, 7) is 3.53. The van der Waals surface area contributed by atoms with Crippen molar-refractivity contribution in [1.29, 1.82) is 0 Å². The van der Waals surface area contributed by atoms with Crippen LogP contribution in [0.5, 0.6) is 17.5 Å². The molecule has 154 valence electrons. The lowest BCUT2D eigenvalue weighted by Crippen LogP contribution is -2.31. The number of ether oxygens (including phenoxy) is 3. The van der Waals surface area contributed by atoms with Gasteiger partial charge in [-0.2, -0.15) is 18.7 Å². The Hall–Kier alpha value is -3.01. The van der Waals surface area contributed by atoms with Gasteiger partial charge in [0, 0.05) is 19.3 Å². The van der Waals surface area contributed by atoms with Crippen LogP contribution in [0.1, 0.15) is 19.8 Å². The number of aromatic nitrogens is 4. The molecule has 0 saturated carbocycles. The zero-order valence-corrected chi connectivity index (χ0v) is 16.0. The normalized spacial score (nSPS) is 16.0. The molecular formula is C19H21F2N5O3. The third-order valence-corrected chi connectivity index (χ3v) is 5.03. The second-order valence-corrected chi connectivity index (χ2v) is 6.83. The summed E-state index contributed by atoms with van der Waals surface area (Å²) in [4.78, 5) is 15.7. The van der Waals surface area contributed by atoms with E-state index in [1.54, 1.807) is 0 Å². The van der Waals surface area contributed by atoms with Crippen LogP contribution in [0.2, 0.25) is 0 Å². The van der Waals surface area contributed by atoms with Crippen LogP contribution in [0.3, 0.4) is 0 Å². The second-order valence-electron chi connectivity index (χ2n) is 6.83. The molecule has 8 nitrogen and oxygen atoms in total. The van der Waals surface area contributed by atoms with Gasteiger partial charge in [-0.15, -0.1) is 0 Å². The van der Waals surface area contributed by atoms with Crippen molar-refractivity contribution < 1.29 is 23.0 Å². The molecule has 0 spiro atoms. The first-order chi connectivity index (χ1) is 14.1. The molecule has 1 aromatic carbocycles. The van der Waals surface area contributed by atoms with E-state index in [9.17, 15) is 8.78 Å².